The van der Waals surface area contributed by atoms with Crippen LogP contribution in [0.1, 0.15) is 31.2 Å². The van der Waals surface area contributed by atoms with Crippen molar-refractivity contribution in [2.45, 2.75) is 44.2 Å². The van der Waals surface area contributed by atoms with Crippen LogP contribution in [-0.4, -0.2) is 18.1 Å². The lowest BCUT2D eigenvalue weighted by Crippen LogP contribution is -2.30. The van der Waals surface area contributed by atoms with Gasteiger partial charge in [-0.1, -0.05) is 30.3 Å². The first-order valence-corrected chi connectivity index (χ1v) is 6.39. The number of hydrogen-bond donors (Lipinski definition) is 1. The van der Waals surface area contributed by atoms with Crippen LogP contribution in [0.4, 0.5) is 0 Å². The van der Waals surface area contributed by atoms with Crippen molar-refractivity contribution < 1.29 is 14.6 Å². The van der Waals surface area contributed by atoms with Crippen LogP contribution in [0.2, 0.25) is 0 Å². The van der Waals surface area contributed by atoms with Crippen molar-refractivity contribution >= 4 is 5.97 Å². The summed E-state index contributed by atoms with van der Waals surface area (Å²) in [6.07, 6.45) is 3.83. The van der Waals surface area contributed by atoms with Crippen molar-refractivity contribution in [3.8, 4) is 0 Å². The number of carbonyl (C=O) groups is 1. The molecule has 1 aromatic carbocycles. The maximum absolute atomic E-state index is 11.5. The Morgan fingerprint density at radius 1 is 1.17 bits per heavy atom. The third kappa shape index (κ3) is 4.13. The molecule has 2 N–H and O–H groups in total. The summed E-state index contributed by atoms with van der Waals surface area (Å²) in [5, 5.41) is 0. The van der Waals surface area contributed by atoms with E-state index in [9.17, 15) is 4.79 Å². The van der Waals surface area contributed by atoms with Crippen LogP contribution in [0.15, 0.2) is 30.3 Å². The Hall–Kier alpha value is -1.39. The van der Waals surface area contributed by atoms with Crippen LogP contribution in [-0.2, 0) is 21.0 Å². The molecule has 1 fully saturated rings. The van der Waals surface area contributed by atoms with Crippen LogP contribution in [0.5, 0.6) is 0 Å². The summed E-state index contributed by atoms with van der Waals surface area (Å²) in [6, 6.07) is 9.75. The van der Waals surface area contributed by atoms with Crippen molar-refractivity contribution in [1.29, 1.82) is 0 Å². The number of benzene rings is 1. The summed E-state index contributed by atoms with van der Waals surface area (Å²) in [5.74, 6) is -0.351. The van der Waals surface area contributed by atoms with Gasteiger partial charge in [-0.2, -0.15) is 4.89 Å². The molecule has 0 unspecified atom stereocenters. The van der Waals surface area contributed by atoms with Crippen LogP contribution in [0.3, 0.4) is 0 Å². The Bertz CT molecular complexity index is 372. The predicted molar refractivity (Wildman–Crippen MR) is 67.6 cm³/mol. The first kappa shape index (κ1) is 13.1. The van der Waals surface area contributed by atoms with Gasteiger partial charge in [-0.3, -0.25) is 4.89 Å². The highest BCUT2D eigenvalue weighted by Crippen LogP contribution is 2.20. The second-order valence-electron chi connectivity index (χ2n) is 4.75. The maximum Gasteiger partial charge on any atom is 0.346 e. The van der Waals surface area contributed by atoms with E-state index >= 15 is 0 Å². The molecule has 98 valence electrons. The average Bonchev–Trinajstić information content (AvgIpc) is 2.39. The highest BCUT2D eigenvalue weighted by atomic mass is 17.2. The van der Waals surface area contributed by atoms with E-state index in [2.05, 4.69) is 0 Å². The monoisotopic (exact) mass is 249 g/mol. The summed E-state index contributed by atoms with van der Waals surface area (Å²) >= 11 is 0. The van der Waals surface area contributed by atoms with Crippen LogP contribution in [0.25, 0.3) is 0 Å². The number of rotatable bonds is 4. The molecular formula is C14H19NO3. The molecule has 1 saturated carbocycles. The lowest BCUT2D eigenvalue weighted by molar-refractivity contribution is -0.301. The Balaban J connectivity index is 1.69. The molecule has 18 heavy (non-hydrogen) atoms. The van der Waals surface area contributed by atoms with Gasteiger partial charge < -0.3 is 5.73 Å². The summed E-state index contributed by atoms with van der Waals surface area (Å²) < 4.78 is 0. The molecule has 0 radical (unpaired) electrons. The molecule has 0 heterocycles. The highest BCUT2D eigenvalue weighted by Gasteiger charge is 2.21. The van der Waals surface area contributed by atoms with Gasteiger partial charge >= 0.3 is 5.97 Å². The van der Waals surface area contributed by atoms with Gasteiger partial charge in [0, 0.05) is 6.04 Å². The lowest BCUT2D eigenvalue weighted by atomic mass is 9.94. The zero-order valence-corrected chi connectivity index (χ0v) is 10.4. The second kappa shape index (κ2) is 6.52. The minimum atomic E-state index is -0.351. The summed E-state index contributed by atoms with van der Waals surface area (Å²) in [6.45, 7) is 0. The maximum atomic E-state index is 11.5. The third-order valence-corrected chi connectivity index (χ3v) is 3.19. The Morgan fingerprint density at radius 3 is 2.50 bits per heavy atom. The Kier molecular flexibility index (Phi) is 4.73. The minimum Gasteiger partial charge on any atom is -0.328 e. The molecule has 1 aromatic rings. The molecule has 2 rings (SSSR count). The van der Waals surface area contributed by atoms with E-state index in [4.69, 9.17) is 15.5 Å². The molecule has 1 aliphatic carbocycles. The van der Waals surface area contributed by atoms with E-state index in [1.165, 1.54) is 0 Å². The standard InChI is InChI=1S/C14H19NO3/c15-12-6-8-13(9-7-12)17-18-14(16)10-11-4-2-1-3-5-11/h1-5,12-13H,6-10,15H2. The van der Waals surface area contributed by atoms with E-state index in [0.29, 0.717) is 0 Å². The number of carbonyl (C=O) groups excluding carboxylic acids is 1. The van der Waals surface area contributed by atoms with Gasteiger partial charge in [0.05, 0.1) is 6.42 Å². The fourth-order valence-electron chi connectivity index (χ4n) is 2.10. The van der Waals surface area contributed by atoms with E-state index in [-0.39, 0.29) is 24.5 Å². The van der Waals surface area contributed by atoms with E-state index in [0.717, 1.165) is 31.2 Å². The van der Waals surface area contributed by atoms with Crippen LogP contribution >= 0.6 is 0 Å². The third-order valence-electron chi connectivity index (χ3n) is 3.19. The fourth-order valence-corrected chi connectivity index (χ4v) is 2.10. The van der Waals surface area contributed by atoms with E-state index in [1.807, 2.05) is 30.3 Å². The largest absolute Gasteiger partial charge is 0.346 e. The molecule has 0 bridgehead atoms. The normalized spacial score (nSPS) is 23.6. The molecule has 0 saturated heterocycles. The van der Waals surface area contributed by atoms with Gasteiger partial charge in [0.25, 0.3) is 0 Å². The van der Waals surface area contributed by atoms with Crippen LogP contribution in [0, 0.1) is 0 Å². The quantitative estimate of drug-likeness (QED) is 0.654. The van der Waals surface area contributed by atoms with Gasteiger partial charge in [0.15, 0.2) is 0 Å². The Labute approximate surface area is 107 Å². The van der Waals surface area contributed by atoms with Crippen molar-refractivity contribution in [2.24, 2.45) is 5.73 Å². The molecule has 0 aliphatic heterocycles. The lowest BCUT2D eigenvalue weighted by Gasteiger charge is -2.24. The first-order chi connectivity index (χ1) is 8.74. The number of hydrogen-bond acceptors (Lipinski definition) is 4. The van der Waals surface area contributed by atoms with Crippen molar-refractivity contribution in [3.05, 3.63) is 35.9 Å². The van der Waals surface area contributed by atoms with Crippen molar-refractivity contribution in [1.82, 2.24) is 0 Å². The van der Waals surface area contributed by atoms with Crippen LogP contribution < -0.4 is 5.73 Å². The summed E-state index contributed by atoms with van der Waals surface area (Å²) in [4.78, 5) is 21.5. The summed E-state index contributed by atoms with van der Waals surface area (Å²) in [7, 11) is 0. The number of nitrogens with two attached hydrogens (primary N) is 1. The van der Waals surface area contributed by atoms with Crippen molar-refractivity contribution in [2.75, 3.05) is 0 Å². The molecule has 0 spiro atoms. The predicted octanol–water partition coefficient (Wildman–Crippen LogP) is 1.97. The fraction of sp³-hybridized carbons (Fsp3) is 0.500. The highest BCUT2D eigenvalue weighted by molar-refractivity contribution is 5.71. The molecule has 0 atom stereocenters. The average molecular weight is 249 g/mol. The topological polar surface area (TPSA) is 61.6 Å². The SMILES string of the molecule is NC1CCC(OOC(=O)Cc2ccccc2)CC1. The molecule has 4 heteroatoms. The van der Waals surface area contributed by atoms with Gasteiger partial charge in [-0.05, 0) is 31.2 Å². The van der Waals surface area contributed by atoms with E-state index < -0.39 is 0 Å². The smallest absolute Gasteiger partial charge is 0.328 e. The van der Waals surface area contributed by atoms with E-state index in [1.54, 1.807) is 0 Å². The zero-order valence-electron chi connectivity index (χ0n) is 10.4. The second-order valence-corrected chi connectivity index (χ2v) is 4.75. The molecular weight excluding hydrogens is 230 g/mol. The van der Waals surface area contributed by atoms with Gasteiger partial charge in [0.2, 0.25) is 0 Å². The minimum absolute atomic E-state index is 0.00419. The first-order valence-electron chi connectivity index (χ1n) is 6.39. The van der Waals surface area contributed by atoms with Gasteiger partial charge in [-0.15, -0.1) is 0 Å². The molecule has 0 aromatic heterocycles. The molecule has 1 aliphatic rings. The van der Waals surface area contributed by atoms with Gasteiger partial charge in [-0.25, -0.2) is 4.79 Å². The molecule has 4 nitrogen and oxygen atoms in total. The summed E-state index contributed by atoms with van der Waals surface area (Å²) in [5.41, 5.74) is 6.72. The Morgan fingerprint density at radius 2 is 1.83 bits per heavy atom. The van der Waals surface area contributed by atoms with Gasteiger partial charge in [0.1, 0.15) is 6.10 Å². The zero-order chi connectivity index (χ0) is 12.8. The van der Waals surface area contributed by atoms with Crippen molar-refractivity contribution in [3.63, 3.8) is 0 Å². The molecule has 0 amide bonds.